The van der Waals surface area contributed by atoms with Crippen molar-refractivity contribution in [3.05, 3.63) is 35.2 Å². The molecule has 0 atom stereocenters. The fourth-order valence-corrected chi connectivity index (χ4v) is 4.63. The van der Waals surface area contributed by atoms with E-state index in [2.05, 4.69) is 27.8 Å². The predicted molar refractivity (Wildman–Crippen MR) is 105 cm³/mol. The third-order valence-electron chi connectivity index (χ3n) is 6.22. The molecule has 4 rings (SSSR count). The Morgan fingerprint density at radius 1 is 1.22 bits per heavy atom. The van der Waals surface area contributed by atoms with Gasteiger partial charge in [-0.05, 0) is 44.9 Å². The van der Waals surface area contributed by atoms with E-state index < -0.39 is 0 Å². The maximum absolute atomic E-state index is 13.1. The lowest BCUT2D eigenvalue weighted by Gasteiger charge is -2.31. The number of imidazole rings is 1. The van der Waals surface area contributed by atoms with Crippen molar-refractivity contribution in [2.24, 2.45) is 7.05 Å². The molecule has 1 aliphatic heterocycles. The molecule has 0 bridgehead atoms. The van der Waals surface area contributed by atoms with E-state index in [0.29, 0.717) is 11.6 Å². The summed E-state index contributed by atoms with van der Waals surface area (Å²) in [7, 11) is 1.98. The van der Waals surface area contributed by atoms with Gasteiger partial charge in [0, 0.05) is 56.3 Å². The number of carbonyl (C=O) groups excluding carboxylic acids is 1. The molecule has 1 aliphatic carbocycles. The quantitative estimate of drug-likeness (QED) is 0.812. The van der Waals surface area contributed by atoms with Crippen LogP contribution in [0.4, 0.5) is 0 Å². The number of piperidine rings is 1. The summed E-state index contributed by atoms with van der Waals surface area (Å²) in [6.07, 6.45) is 12.8. The van der Waals surface area contributed by atoms with Gasteiger partial charge in [0.15, 0.2) is 5.69 Å². The van der Waals surface area contributed by atoms with Gasteiger partial charge in [-0.15, -0.1) is 0 Å². The van der Waals surface area contributed by atoms with E-state index in [1.54, 1.807) is 0 Å². The Hall–Kier alpha value is -2.11. The maximum atomic E-state index is 13.1. The number of aryl methyl sites for hydroxylation is 2. The molecule has 0 radical (unpaired) electrons. The molecule has 0 spiro atoms. The Kier molecular flexibility index (Phi) is 5.32. The van der Waals surface area contributed by atoms with Gasteiger partial charge < -0.3 is 9.47 Å². The highest BCUT2D eigenvalue weighted by Crippen LogP contribution is 2.30. The summed E-state index contributed by atoms with van der Waals surface area (Å²) in [5.41, 5.74) is 3.17. The highest BCUT2D eigenvalue weighted by molar-refractivity contribution is 5.94. The van der Waals surface area contributed by atoms with Crippen LogP contribution in [0.1, 0.15) is 78.9 Å². The van der Waals surface area contributed by atoms with Gasteiger partial charge >= 0.3 is 0 Å². The summed E-state index contributed by atoms with van der Waals surface area (Å²) in [5, 5.41) is 4.59. The van der Waals surface area contributed by atoms with Crippen LogP contribution in [0, 0.1) is 0 Å². The monoisotopic (exact) mass is 369 g/mol. The molecular formula is C21H31N5O. The number of likely N-dealkylation sites (tertiary alicyclic amines) is 1. The number of carbonyl (C=O) groups is 1. The summed E-state index contributed by atoms with van der Waals surface area (Å²) in [4.78, 5) is 19.7. The minimum absolute atomic E-state index is 0.126. The molecule has 0 unspecified atom stereocenters. The molecule has 1 amide bonds. The molecule has 1 fully saturated rings. The van der Waals surface area contributed by atoms with Gasteiger partial charge in [0.2, 0.25) is 0 Å². The second kappa shape index (κ2) is 7.87. The zero-order valence-corrected chi connectivity index (χ0v) is 16.7. The summed E-state index contributed by atoms with van der Waals surface area (Å²) >= 11 is 0. The average molecular weight is 370 g/mol. The topological polar surface area (TPSA) is 56.0 Å². The van der Waals surface area contributed by atoms with Crippen molar-refractivity contribution >= 4 is 5.91 Å². The number of aromatic nitrogens is 4. The normalized spacial score (nSPS) is 17.9. The van der Waals surface area contributed by atoms with Crippen molar-refractivity contribution in [3.8, 4) is 0 Å². The Labute approximate surface area is 161 Å². The molecule has 146 valence electrons. The molecule has 3 heterocycles. The molecule has 0 saturated carbocycles. The first-order valence-corrected chi connectivity index (χ1v) is 10.5. The molecule has 2 aromatic heterocycles. The van der Waals surface area contributed by atoms with Gasteiger partial charge in [0.05, 0.1) is 0 Å². The van der Waals surface area contributed by atoms with Crippen molar-refractivity contribution in [1.29, 1.82) is 0 Å². The lowest BCUT2D eigenvalue weighted by Crippen LogP contribution is -2.39. The van der Waals surface area contributed by atoms with E-state index in [1.165, 1.54) is 42.8 Å². The summed E-state index contributed by atoms with van der Waals surface area (Å²) < 4.78 is 4.24. The lowest BCUT2D eigenvalue weighted by atomic mass is 9.93. The SMILES string of the molecule is CCCCn1ccnc1C1CCN(C(=O)c2nn(C)c3c2CCCC3)CC1. The smallest absolute Gasteiger partial charge is 0.274 e. The van der Waals surface area contributed by atoms with Gasteiger partial charge in [-0.25, -0.2) is 4.98 Å². The van der Waals surface area contributed by atoms with Gasteiger partial charge in [-0.1, -0.05) is 13.3 Å². The Morgan fingerprint density at radius 3 is 2.78 bits per heavy atom. The molecule has 2 aromatic rings. The van der Waals surface area contributed by atoms with Crippen LogP contribution in [0.5, 0.6) is 0 Å². The van der Waals surface area contributed by atoms with Crippen LogP contribution in [-0.4, -0.2) is 43.2 Å². The van der Waals surface area contributed by atoms with Crippen LogP contribution >= 0.6 is 0 Å². The largest absolute Gasteiger partial charge is 0.337 e. The van der Waals surface area contributed by atoms with Crippen molar-refractivity contribution in [2.45, 2.75) is 70.8 Å². The molecular weight excluding hydrogens is 338 g/mol. The zero-order chi connectivity index (χ0) is 18.8. The molecule has 6 nitrogen and oxygen atoms in total. The molecule has 1 saturated heterocycles. The van der Waals surface area contributed by atoms with Gasteiger partial charge in [-0.2, -0.15) is 5.10 Å². The number of nitrogens with zero attached hydrogens (tertiary/aromatic N) is 5. The fraction of sp³-hybridized carbons (Fsp3) is 0.667. The molecule has 2 aliphatic rings. The second-order valence-electron chi connectivity index (χ2n) is 8.00. The summed E-state index contributed by atoms with van der Waals surface area (Å²) in [6, 6.07) is 0. The van der Waals surface area contributed by atoms with Crippen LogP contribution < -0.4 is 0 Å². The minimum atomic E-state index is 0.126. The van der Waals surface area contributed by atoms with E-state index in [1.807, 2.05) is 22.8 Å². The summed E-state index contributed by atoms with van der Waals surface area (Å²) in [6.45, 7) is 4.87. The average Bonchev–Trinajstić information content (AvgIpc) is 3.31. The number of hydrogen-bond acceptors (Lipinski definition) is 3. The predicted octanol–water partition coefficient (Wildman–Crippen LogP) is 3.32. The van der Waals surface area contributed by atoms with Crippen LogP contribution in [0.2, 0.25) is 0 Å². The first-order chi connectivity index (χ1) is 13.2. The second-order valence-corrected chi connectivity index (χ2v) is 8.00. The third-order valence-corrected chi connectivity index (χ3v) is 6.22. The van der Waals surface area contributed by atoms with Crippen LogP contribution in [0.15, 0.2) is 12.4 Å². The Bertz CT molecular complexity index is 798. The van der Waals surface area contributed by atoms with Crippen molar-refractivity contribution in [2.75, 3.05) is 13.1 Å². The summed E-state index contributed by atoms with van der Waals surface area (Å²) in [5.74, 6) is 1.78. The van der Waals surface area contributed by atoms with E-state index in [9.17, 15) is 4.79 Å². The van der Waals surface area contributed by atoms with Crippen LogP contribution in [0.25, 0.3) is 0 Å². The number of fused-ring (bicyclic) bond motifs is 1. The Balaban J connectivity index is 1.43. The van der Waals surface area contributed by atoms with Crippen molar-refractivity contribution < 1.29 is 4.79 Å². The number of hydrogen-bond donors (Lipinski definition) is 0. The maximum Gasteiger partial charge on any atom is 0.274 e. The first-order valence-electron chi connectivity index (χ1n) is 10.5. The van der Waals surface area contributed by atoms with E-state index in [4.69, 9.17) is 0 Å². The molecule has 0 aromatic carbocycles. The first kappa shape index (κ1) is 18.3. The van der Waals surface area contributed by atoms with Gasteiger partial charge in [0.1, 0.15) is 5.82 Å². The van der Waals surface area contributed by atoms with Gasteiger partial charge in [0.25, 0.3) is 5.91 Å². The number of rotatable bonds is 5. The Morgan fingerprint density at radius 2 is 2.00 bits per heavy atom. The van der Waals surface area contributed by atoms with Crippen LogP contribution in [0.3, 0.4) is 0 Å². The van der Waals surface area contributed by atoms with Crippen LogP contribution in [-0.2, 0) is 26.4 Å². The zero-order valence-electron chi connectivity index (χ0n) is 16.7. The molecule has 27 heavy (non-hydrogen) atoms. The van der Waals surface area contributed by atoms with E-state index in [0.717, 1.165) is 45.3 Å². The third kappa shape index (κ3) is 3.54. The number of amides is 1. The van der Waals surface area contributed by atoms with E-state index in [-0.39, 0.29) is 5.91 Å². The fourth-order valence-electron chi connectivity index (χ4n) is 4.63. The number of unbranched alkanes of at least 4 members (excludes halogenated alkanes) is 1. The highest BCUT2D eigenvalue weighted by Gasteiger charge is 2.31. The van der Waals surface area contributed by atoms with Crippen molar-refractivity contribution in [1.82, 2.24) is 24.2 Å². The van der Waals surface area contributed by atoms with Gasteiger partial charge in [-0.3, -0.25) is 9.48 Å². The molecule has 6 heteroatoms. The van der Waals surface area contributed by atoms with Crippen molar-refractivity contribution in [3.63, 3.8) is 0 Å². The lowest BCUT2D eigenvalue weighted by molar-refractivity contribution is 0.0702. The standard InChI is InChI=1S/C21H31N5O/c1-3-4-12-25-15-11-22-20(25)16-9-13-26(14-10-16)21(27)19-17-7-5-6-8-18(17)24(2)23-19/h11,15-16H,3-10,12-14H2,1-2H3. The highest BCUT2D eigenvalue weighted by atomic mass is 16.2. The minimum Gasteiger partial charge on any atom is -0.337 e. The molecule has 0 N–H and O–H groups in total. The van der Waals surface area contributed by atoms with E-state index >= 15 is 0 Å².